The maximum absolute atomic E-state index is 12.4. The first kappa shape index (κ1) is 17.2. The number of hydrogen-bond acceptors (Lipinski definition) is 2. The number of carbonyl (C=O) groups excluding carboxylic acids is 1. The second kappa shape index (κ2) is 6.71. The summed E-state index contributed by atoms with van der Waals surface area (Å²) in [7, 11) is 1.84. The van der Waals surface area contributed by atoms with Gasteiger partial charge in [-0.2, -0.15) is 4.99 Å². The summed E-state index contributed by atoms with van der Waals surface area (Å²) in [5.74, 6) is -0.182. The molecule has 0 spiro atoms. The lowest BCUT2D eigenvalue weighted by atomic mass is 10.0. The van der Waals surface area contributed by atoms with E-state index in [0.29, 0.717) is 14.8 Å². The zero-order chi connectivity index (χ0) is 17.4. The van der Waals surface area contributed by atoms with Gasteiger partial charge in [0.05, 0.1) is 26.7 Å². The number of amides is 1. The number of aryl methyl sites for hydroxylation is 3. The molecule has 2 aromatic carbocycles. The van der Waals surface area contributed by atoms with E-state index < -0.39 is 0 Å². The van der Waals surface area contributed by atoms with Crippen LogP contribution in [0.4, 0.5) is 0 Å². The number of halogens is 2. The molecule has 0 aliphatic heterocycles. The van der Waals surface area contributed by atoms with Crippen LogP contribution in [0.15, 0.2) is 35.3 Å². The Hall–Kier alpha value is -1.62. The standard InChI is InChI=1S/C18H16Cl2N2OS/c1-10-4-5-11(2)12(8-10)9-15(23)21-18-22(3)16-13(19)6-7-14(20)17(16)24-18/h4-8H,9H2,1-3H3. The zero-order valence-corrected chi connectivity index (χ0v) is 15.9. The minimum Gasteiger partial charge on any atom is -0.318 e. The average Bonchev–Trinajstić information content (AvgIpc) is 2.85. The van der Waals surface area contributed by atoms with E-state index in [1.54, 1.807) is 12.1 Å². The third-order valence-corrected chi connectivity index (χ3v) is 5.81. The third-order valence-electron chi connectivity index (χ3n) is 3.92. The van der Waals surface area contributed by atoms with Crippen LogP contribution >= 0.6 is 34.5 Å². The van der Waals surface area contributed by atoms with Gasteiger partial charge in [-0.1, -0.05) is 58.3 Å². The number of aromatic nitrogens is 1. The molecule has 0 atom stereocenters. The summed E-state index contributed by atoms with van der Waals surface area (Å²) < 4.78 is 2.65. The van der Waals surface area contributed by atoms with Crippen molar-refractivity contribution in [2.24, 2.45) is 12.0 Å². The van der Waals surface area contributed by atoms with Gasteiger partial charge >= 0.3 is 0 Å². The van der Waals surface area contributed by atoms with Gasteiger partial charge in [0.25, 0.3) is 5.91 Å². The minimum absolute atomic E-state index is 0.182. The van der Waals surface area contributed by atoms with Crippen molar-refractivity contribution in [3.63, 3.8) is 0 Å². The molecule has 1 heterocycles. The summed E-state index contributed by atoms with van der Waals surface area (Å²) in [6.07, 6.45) is 0.281. The largest absolute Gasteiger partial charge is 0.318 e. The van der Waals surface area contributed by atoms with Crippen LogP contribution in [0, 0.1) is 13.8 Å². The Bertz CT molecular complexity index is 1020. The Kier molecular flexibility index (Phi) is 4.81. The first-order chi connectivity index (χ1) is 11.4. The van der Waals surface area contributed by atoms with E-state index in [2.05, 4.69) is 4.99 Å². The summed E-state index contributed by atoms with van der Waals surface area (Å²) >= 11 is 13.9. The fourth-order valence-corrected chi connectivity index (χ4v) is 4.26. The first-order valence-electron chi connectivity index (χ1n) is 7.44. The van der Waals surface area contributed by atoms with Crippen molar-refractivity contribution in [3.05, 3.63) is 61.9 Å². The summed E-state index contributed by atoms with van der Waals surface area (Å²) in [4.78, 5) is 17.3. The number of nitrogens with zero attached hydrogens (tertiary/aromatic N) is 2. The topological polar surface area (TPSA) is 34.4 Å². The van der Waals surface area contributed by atoms with Gasteiger partial charge in [0.1, 0.15) is 0 Å². The Morgan fingerprint density at radius 2 is 1.88 bits per heavy atom. The van der Waals surface area contributed by atoms with Crippen LogP contribution in [0.5, 0.6) is 0 Å². The maximum Gasteiger partial charge on any atom is 0.252 e. The zero-order valence-electron chi connectivity index (χ0n) is 13.6. The molecule has 0 unspecified atom stereocenters. The normalized spacial score (nSPS) is 12.1. The van der Waals surface area contributed by atoms with E-state index in [0.717, 1.165) is 26.9 Å². The van der Waals surface area contributed by atoms with E-state index in [9.17, 15) is 4.79 Å². The second-order valence-corrected chi connectivity index (χ2v) is 7.55. The van der Waals surface area contributed by atoms with E-state index in [1.165, 1.54) is 11.3 Å². The highest BCUT2D eigenvalue weighted by molar-refractivity contribution is 7.17. The molecule has 124 valence electrons. The Morgan fingerprint density at radius 3 is 2.58 bits per heavy atom. The van der Waals surface area contributed by atoms with E-state index in [1.807, 2.05) is 43.7 Å². The van der Waals surface area contributed by atoms with Crippen molar-refractivity contribution in [1.29, 1.82) is 0 Å². The molecule has 24 heavy (non-hydrogen) atoms. The highest BCUT2D eigenvalue weighted by atomic mass is 35.5. The maximum atomic E-state index is 12.4. The van der Waals surface area contributed by atoms with Crippen LogP contribution in [-0.2, 0) is 18.3 Å². The van der Waals surface area contributed by atoms with Crippen molar-refractivity contribution in [2.45, 2.75) is 20.3 Å². The SMILES string of the molecule is Cc1ccc(C)c(CC(=O)N=c2sc3c(Cl)ccc(Cl)c3n2C)c1. The third kappa shape index (κ3) is 3.27. The van der Waals surface area contributed by atoms with Crippen LogP contribution in [0.1, 0.15) is 16.7 Å². The fraction of sp³-hybridized carbons (Fsp3) is 0.222. The van der Waals surface area contributed by atoms with Crippen molar-refractivity contribution < 1.29 is 4.79 Å². The molecule has 3 nitrogen and oxygen atoms in total. The molecule has 0 saturated carbocycles. The summed E-state index contributed by atoms with van der Waals surface area (Å²) in [5.41, 5.74) is 4.03. The lowest BCUT2D eigenvalue weighted by Gasteiger charge is -2.04. The van der Waals surface area contributed by atoms with E-state index in [-0.39, 0.29) is 12.3 Å². The molecule has 0 fully saturated rings. The van der Waals surface area contributed by atoms with Gasteiger partial charge in [0.2, 0.25) is 0 Å². The number of carbonyl (C=O) groups is 1. The Balaban J connectivity index is 2.02. The van der Waals surface area contributed by atoms with Crippen LogP contribution in [0.3, 0.4) is 0 Å². The molecule has 0 aliphatic rings. The number of benzene rings is 2. The molecular formula is C18H16Cl2N2OS. The molecule has 0 saturated heterocycles. The monoisotopic (exact) mass is 378 g/mol. The lowest BCUT2D eigenvalue weighted by molar-refractivity contribution is -0.117. The summed E-state index contributed by atoms with van der Waals surface area (Å²) in [6, 6.07) is 9.60. The van der Waals surface area contributed by atoms with Crippen molar-refractivity contribution >= 4 is 50.7 Å². The minimum atomic E-state index is -0.182. The number of fused-ring (bicyclic) bond motifs is 1. The quantitative estimate of drug-likeness (QED) is 0.628. The molecule has 0 aliphatic carbocycles. The van der Waals surface area contributed by atoms with Crippen molar-refractivity contribution in [1.82, 2.24) is 4.57 Å². The Labute approximate surface area is 154 Å². The first-order valence-corrected chi connectivity index (χ1v) is 9.01. The van der Waals surface area contributed by atoms with Crippen LogP contribution in [0.2, 0.25) is 10.0 Å². The van der Waals surface area contributed by atoms with Gasteiger partial charge in [0.15, 0.2) is 4.80 Å². The molecule has 0 radical (unpaired) electrons. The van der Waals surface area contributed by atoms with Crippen LogP contribution in [0.25, 0.3) is 10.2 Å². The van der Waals surface area contributed by atoms with Gasteiger partial charge in [-0.25, -0.2) is 0 Å². The predicted octanol–water partition coefficient (Wildman–Crippen LogP) is 4.83. The Morgan fingerprint density at radius 1 is 1.17 bits per heavy atom. The molecule has 6 heteroatoms. The average molecular weight is 379 g/mol. The molecular weight excluding hydrogens is 363 g/mol. The van der Waals surface area contributed by atoms with Crippen molar-refractivity contribution in [3.8, 4) is 0 Å². The number of thiazole rings is 1. The molecule has 0 N–H and O–H groups in total. The fourth-order valence-electron chi connectivity index (χ4n) is 2.59. The van der Waals surface area contributed by atoms with E-state index >= 15 is 0 Å². The smallest absolute Gasteiger partial charge is 0.252 e. The highest BCUT2D eigenvalue weighted by Crippen LogP contribution is 2.31. The number of rotatable bonds is 2. The lowest BCUT2D eigenvalue weighted by Crippen LogP contribution is -2.14. The van der Waals surface area contributed by atoms with Crippen LogP contribution < -0.4 is 4.80 Å². The van der Waals surface area contributed by atoms with Gasteiger partial charge in [-0.05, 0) is 37.1 Å². The predicted molar refractivity (Wildman–Crippen MR) is 101 cm³/mol. The molecule has 1 amide bonds. The summed E-state index contributed by atoms with van der Waals surface area (Å²) in [6.45, 7) is 4.02. The van der Waals surface area contributed by atoms with E-state index in [4.69, 9.17) is 23.2 Å². The molecule has 1 aromatic heterocycles. The second-order valence-electron chi connectivity index (χ2n) is 5.76. The molecule has 3 rings (SSSR count). The van der Waals surface area contributed by atoms with Gasteiger partial charge in [0, 0.05) is 7.05 Å². The van der Waals surface area contributed by atoms with Gasteiger partial charge in [-0.15, -0.1) is 0 Å². The highest BCUT2D eigenvalue weighted by Gasteiger charge is 2.12. The molecule has 3 aromatic rings. The molecule has 0 bridgehead atoms. The van der Waals surface area contributed by atoms with Crippen molar-refractivity contribution in [2.75, 3.05) is 0 Å². The van der Waals surface area contributed by atoms with Crippen LogP contribution in [-0.4, -0.2) is 10.5 Å². The number of hydrogen-bond donors (Lipinski definition) is 0. The summed E-state index contributed by atoms with van der Waals surface area (Å²) in [5, 5.41) is 1.20. The van der Waals surface area contributed by atoms with Gasteiger partial charge in [-0.3, -0.25) is 4.79 Å². The van der Waals surface area contributed by atoms with Gasteiger partial charge < -0.3 is 4.57 Å².